The molecule has 2 aromatic rings. The highest BCUT2D eigenvalue weighted by molar-refractivity contribution is 7.07. The van der Waals surface area contributed by atoms with Crippen LogP contribution in [0.15, 0.2) is 10.9 Å². The van der Waals surface area contributed by atoms with E-state index in [0.29, 0.717) is 24.7 Å². The molecule has 0 radical (unpaired) electrons. The van der Waals surface area contributed by atoms with Crippen LogP contribution in [0.25, 0.3) is 0 Å². The van der Waals surface area contributed by atoms with E-state index in [4.69, 9.17) is 4.98 Å². The summed E-state index contributed by atoms with van der Waals surface area (Å²) in [6.45, 7) is 7.77. The summed E-state index contributed by atoms with van der Waals surface area (Å²) in [5, 5.41) is 5.14. The van der Waals surface area contributed by atoms with E-state index in [9.17, 15) is 9.59 Å². The molecule has 0 aromatic carbocycles. The normalized spacial score (nSPS) is 25.7. The minimum atomic E-state index is -0.0157. The lowest BCUT2D eigenvalue weighted by atomic mass is 9.95. The molecule has 0 unspecified atom stereocenters. The first kappa shape index (κ1) is 22.5. The smallest absolute Gasteiger partial charge is 0.219 e. The molecule has 3 aliphatic heterocycles. The fraction of sp³-hybridized carbons (Fsp3) is 0.667. The van der Waals surface area contributed by atoms with Gasteiger partial charge in [-0.25, -0.2) is 9.97 Å². The van der Waals surface area contributed by atoms with Crippen LogP contribution in [0, 0.1) is 6.92 Å². The highest BCUT2D eigenvalue weighted by Gasteiger charge is 2.42. The molecule has 5 heterocycles. The van der Waals surface area contributed by atoms with Crippen molar-refractivity contribution in [1.82, 2.24) is 29.7 Å². The zero-order valence-corrected chi connectivity index (χ0v) is 20.6. The van der Waals surface area contributed by atoms with Gasteiger partial charge in [0.25, 0.3) is 0 Å². The standard InChI is InChI=1S/C24H34N6O2S/c1-15-26-22-12-28(17(3)32)8-7-24(22)30(15)20-10-18-4-5-19(11-20)29(18)9-6-21(27-16(2)31)23-13-33-14-25-23/h13-14,18-21H,4-12H2,1-3H3,(H,27,31)/t18-,19+,20+,21-/m0/s1. The Morgan fingerprint density at radius 3 is 2.61 bits per heavy atom. The average Bonchev–Trinajstić information content (AvgIpc) is 3.46. The van der Waals surface area contributed by atoms with Crippen molar-refractivity contribution < 1.29 is 9.59 Å². The van der Waals surface area contributed by atoms with Crippen LogP contribution in [0.5, 0.6) is 0 Å². The Kier molecular flexibility index (Phi) is 6.26. The van der Waals surface area contributed by atoms with Crippen LogP contribution in [0.1, 0.15) is 80.9 Å². The number of rotatable bonds is 6. The van der Waals surface area contributed by atoms with Gasteiger partial charge in [0.1, 0.15) is 5.82 Å². The number of aryl methyl sites for hydroxylation is 1. The summed E-state index contributed by atoms with van der Waals surface area (Å²) in [6.07, 6.45) is 6.59. The molecule has 2 bridgehead atoms. The molecule has 0 saturated carbocycles. The summed E-state index contributed by atoms with van der Waals surface area (Å²) in [7, 11) is 0. The first-order chi connectivity index (χ1) is 15.9. The van der Waals surface area contributed by atoms with Gasteiger partial charge in [0.05, 0.1) is 29.5 Å². The Morgan fingerprint density at radius 2 is 1.97 bits per heavy atom. The van der Waals surface area contributed by atoms with Crippen LogP contribution in [0.3, 0.4) is 0 Å². The number of carbonyl (C=O) groups excluding carboxylic acids is 2. The molecule has 1 N–H and O–H groups in total. The Hall–Kier alpha value is -2.26. The third kappa shape index (κ3) is 4.45. The number of amides is 2. The fourth-order valence-electron chi connectivity index (χ4n) is 6.33. The Labute approximate surface area is 199 Å². The van der Waals surface area contributed by atoms with Crippen molar-refractivity contribution in [2.24, 2.45) is 0 Å². The van der Waals surface area contributed by atoms with Crippen LogP contribution in [-0.2, 0) is 22.6 Å². The second kappa shape index (κ2) is 9.18. The van der Waals surface area contributed by atoms with Crippen molar-refractivity contribution in [2.45, 2.75) is 90.0 Å². The van der Waals surface area contributed by atoms with Gasteiger partial charge in [-0.15, -0.1) is 11.3 Å². The van der Waals surface area contributed by atoms with Gasteiger partial charge in [-0.1, -0.05) is 0 Å². The number of carbonyl (C=O) groups is 2. The van der Waals surface area contributed by atoms with Crippen LogP contribution in [0.4, 0.5) is 0 Å². The number of imidazole rings is 1. The Balaban J connectivity index is 1.27. The van der Waals surface area contributed by atoms with Crippen molar-refractivity contribution >= 4 is 23.2 Å². The van der Waals surface area contributed by atoms with Gasteiger partial charge in [0.2, 0.25) is 11.8 Å². The summed E-state index contributed by atoms with van der Waals surface area (Å²) < 4.78 is 2.50. The average molecular weight is 471 g/mol. The number of nitrogens with one attached hydrogen (secondary N) is 1. The number of nitrogens with zero attached hydrogens (tertiary/aromatic N) is 5. The van der Waals surface area contributed by atoms with Gasteiger partial charge >= 0.3 is 0 Å². The summed E-state index contributed by atoms with van der Waals surface area (Å²) in [6, 6.07) is 1.63. The SMILES string of the molecule is CC(=O)N[C@@H](CCN1[C@@H]2CC[C@H]1C[C@@H](n1c(C)nc3c1CCN(C(C)=O)C3)C2)c1cscn1. The highest BCUT2D eigenvalue weighted by atomic mass is 32.1. The van der Waals surface area contributed by atoms with E-state index < -0.39 is 0 Å². The molecular formula is C24H34N6O2S. The van der Waals surface area contributed by atoms with E-state index in [1.165, 1.54) is 18.5 Å². The molecular weight excluding hydrogens is 436 g/mol. The number of hydrogen-bond acceptors (Lipinski definition) is 6. The molecule has 4 atom stereocenters. The number of thiazole rings is 1. The minimum Gasteiger partial charge on any atom is -0.348 e. The van der Waals surface area contributed by atoms with Gasteiger partial charge < -0.3 is 14.8 Å². The lowest BCUT2D eigenvalue weighted by Crippen LogP contribution is -2.45. The maximum Gasteiger partial charge on any atom is 0.219 e. The van der Waals surface area contributed by atoms with Crippen molar-refractivity contribution in [1.29, 1.82) is 0 Å². The van der Waals surface area contributed by atoms with E-state index in [1.807, 2.05) is 15.8 Å². The molecule has 2 saturated heterocycles. The number of aromatic nitrogens is 3. The molecule has 33 heavy (non-hydrogen) atoms. The predicted molar refractivity (Wildman–Crippen MR) is 127 cm³/mol. The molecule has 2 fully saturated rings. The monoisotopic (exact) mass is 470 g/mol. The molecule has 0 aliphatic carbocycles. The topological polar surface area (TPSA) is 83.4 Å². The van der Waals surface area contributed by atoms with Crippen molar-refractivity contribution in [3.8, 4) is 0 Å². The summed E-state index contributed by atoms with van der Waals surface area (Å²) in [4.78, 5) is 37.5. The van der Waals surface area contributed by atoms with E-state index in [-0.39, 0.29) is 17.9 Å². The Morgan fingerprint density at radius 1 is 1.21 bits per heavy atom. The first-order valence-electron chi connectivity index (χ1n) is 12.1. The molecule has 8 nitrogen and oxygen atoms in total. The zero-order chi connectivity index (χ0) is 23.1. The highest BCUT2D eigenvalue weighted by Crippen LogP contribution is 2.42. The van der Waals surface area contributed by atoms with Gasteiger partial charge in [-0.2, -0.15) is 0 Å². The summed E-state index contributed by atoms with van der Waals surface area (Å²) >= 11 is 1.58. The lowest BCUT2D eigenvalue weighted by Gasteiger charge is -2.41. The molecule has 2 amide bonds. The van der Waals surface area contributed by atoms with Crippen LogP contribution < -0.4 is 5.32 Å². The molecule has 0 spiro atoms. The predicted octanol–water partition coefficient (Wildman–Crippen LogP) is 2.99. The van der Waals surface area contributed by atoms with Crippen LogP contribution >= 0.6 is 11.3 Å². The molecule has 2 aromatic heterocycles. The minimum absolute atomic E-state index is 0.00150. The van der Waals surface area contributed by atoms with Crippen LogP contribution in [-0.4, -0.2) is 61.3 Å². The summed E-state index contributed by atoms with van der Waals surface area (Å²) in [5.41, 5.74) is 5.24. The van der Waals surface area contributed by atoms with Gasteiger partial charge in [0.15, 0.2) is 0 Å². The zero-order valence-electron chi connectivity index (χ0n) is 19.8. The number of fused-ring (bicyclic) bond motifs is 3. The quantitative estimate of drug-likeness (QED) is 0.702. The maximum atomic E-state index is 11.8. The third-order valence-electron chi connectivity index (χ3n) is 7.76. The van der Waals surface area contributed by atoms with E-state index in [2.05, 4.69) is 26.7 Å². The lowest BCUT2D eigenvalue weighted by molar-refractivity contribution is -0.129. The van der Waals surface area contributed by atoms with Gasteiger partial charge in [0, 0.05) is 62.6 Å². The second-order valence-electron chi connectivity index (χ2n) is 9.82. The van der Waals surface area contributed by atoms with Crippen molar-refractivity contribution in [3.05, 3.63) is 33.8 Å². The van der Waals surface area contributed by atoms with Crippen molar-refractivity contribution in [2.75, 3.05) is 13.1 Å². The maximum absolute atomic E-state index is 11.8. The fourth-order valence-corrected chi connectivity index (χ4v) is 6.93. The largest absolute Gasteiger partial charge is 0.348 e. The van der Waals surface area contributed by atoms with Crippen LogP contribution in [0.2, 0.25) is 0 Å². The first-order valence-corrected chi connectivity index (χ1v) is 13.1. The van der Waals surface area contributed by atoms with Crippen molar-refractivity contribution in [3.63, 3.8) is 0 Å². The van der Waals surface area contributed by atoms with E-state index >= 15 is 0 Å². The second-order valence-corrected chi connectivity index (χ2v) is 10.5. The molecule has 5 rings (SSSR count). The van der Waals surface area contributed by atoms with Gasteiger partial charge in [-0.3, -0.25) is 14.5 Å². The molecule has 9 heteroatoms. The van der Waals surface area contributed by atoms with E-state index in [1.54, 1.807) is 25.2 Å². The van der Waals surface area contributed by atoms with E-state index in [0.717, 1.165) is 56.0 Å². The number of hydrogen-bond donors (Lipinski definition) is 1. The van der Waals surface area contributed by atoms with Gasteiger partial charge in [-0.05, 0) is 39.0 Å². The Bertz CT molecular complexity index is 1000. The number of piperidine rings is 1. The molecule has 3 aliphatic rings. The summed E-state index contributed by atoms with van der Waals surface area (Å²) in [5.74, 6) is 1.23. The molecule has 178 valence electrons. The third-order valence-corrected chi connectivity index (χ3v) is 8.36.